The number of rotatable bonds is 9. The van der Waals surface area contributed by atoms with Gasteiger partial charge in [-0.05, 0) is 19.3 Å². The minimum absolute atomic E-state index is 0.00347. The summed E-state index contributed by atoms with van der Waals surface area (Å²) < 4.78 is 0. The lowest BCUT2D eigenvalue weighted by Crippen LogP contribution is -2.50. The highest BCUT2D eigenvalue weighted by Crippen LogP contribution is 2.15. The van der Waals surface area contributed by atoms with E-state index < -0.39 is 30.9 Å². The molecule has 0 aliphatic rings. The summed E-state index contributed by atoms with van der Waals surface area (Å²) in [5.74, 6) is 0. The van der Waals surface area contributed by atoms with Crippen molar-refractivity contribution >= 4 is 0 Å². The zero-order valence-electron chi connectivity index (χ0n) is 11.2. The fraction of sp³-hybridized carbons (Fsp3) is 1.00. The molecule has 0 aliphatic carbocycles. The molecule has 19 heavy (non-hydrogen) atoms. The van der Waals surface area contributed by atoms with Gasteiger partial charge in [0.2, 0.25) is 0 Å². The second-order valence-corrected chi connectivity index (χ2v) is 4.62. The van der Waals surface area contributed by atoms with Crippen LogP contribution in [0, 0.1) is 0 Å². The third-order valence-corrected chi connectivity index (χ3v) is 2.77. The lowest BCUT2D eigenvalue weighted by atomic mass is 9.90. The maximum Gasteiger partial charge on any atom is 0.0856 e. The number of hydrogen-bond acceptors (Lipinski definition) is 8. The molecule has 0 aromatic carbocycles. The molecule has 0 rings (SSSR count). The summed E-state index contributed by atoms with van der Waals surface area (Å²) in [7, 11) is 0. The molecule has 0 radical (unpaired) electrons. The third-order valence-electron chi connectivity index (χ3n) is 2.77. The third kappa shape index (κ3) is 10.2. The summed E-state index contributed by atoms with van der Waals surface area (Å²) >= 11 is 0. The summed E-state index contributed by atoms with van der Waals surface area (Å²) in [5.41, 5.74) is 9.09. The molecule has 0 heterocycles. The Kier molecular flexibility index (Phi) is 12.7. The summed E-state index contributed by atoms with van der Waals surface area (Å²) in [6.07, 6.45) is 1.27. The molecule has 118 valence electrons. The first-order valence-electron chi connectivity index (χ1n) is 6.10. The molecule has 0 aromatic rings. The van der Waals surface area contributed by atoms with Crippen molar-refractivity contribution in [1.29, 1.82) is 0 Å². The zero-order valence-corrected chi connectivity index (χ0v) is 11.2. The molecule has 8 heteroatoms. The second kappa shape index (κ2) is 11.5. The molecule has 0 unspecified atom stereocenters. The van der Waals surface area contributed by atoms with Gasteiger partial charge >= 0.3 is 0 Å². The summed E-state index contributed by atoms with van der Waals surface area (Å²) in [5, 5.41) is 50.9. The van der Waals surface area contributed by atoms with Crippen LogP contribution in [0.1, 0.15) is 19.3 Å². The van der Waals surface area contributed by atoms with Crippen molar-refractivity contribution in [2.75, 3.05) is 39.6 Å². The molecule has 8 nitrogen and oxygen atoms in total. The van der Waals surface area contributed by atoms with Crippen LogP contribution >= 0.6 is 0 Å². The van der Waals surface area contributed by atoms with Gasteiger partial charge in [0, 0.05) is 25.4 Å². The van der Waals surface area contributed by atoms with Crippen LogP contribution in [-0.4, -0.2) is 81.4 Å². The SMILES string of the molecule is NC(CCO)(CCO)CCO.NC(CO)(CO)CO. The van der Waals surface area contributed by atoms with Crippen LogP contribution in [-0.2, 0) is 0 Å². The maximum absolute atomic E-state index is 8.61. The second-order valence-electron chi connectivity index (χ2n) is 4.62. The van der Waals surface area contributed by atoms with Crippen molar-refractivity contribution in [3.05, 3.63) is 0 Å². The van der Waals surface area contributed by atoms with Gasteiger partial charge in [-0.3, -0.25) is 0 Å². The Bertz CT molecular complexity index is 176. The van der Waals surface area contributed by atoms with Gasteiger partial charge in [-0.25, -0.2) is 0 Å². The number of aliphatic hydroxyl groups is 6. The topological polar surface area (TPSA) is 173 Å². The molecule has 0 fully saturated rings. The van der Waals surface area contributed by atoms with E-state index in [-0.39, 0.29) is 19.8 Å². The van der Waals surface area contributed by atoms with Gasteiger partial charge in [0.1, 0.15) is 0 Å². The monoisotopic (exact) mass is 284 g/mol. The molecule has 0 saturated heterocycles. The minimum atomic E-state index is -1.21. The van der Waals surface area contributed by atoms with Crippen LogP contribution in [0.4, 0.5) is 0 Å². The van der Waals surface area contributed by atoms with E-state index in [1.165, 1.54) is 0 Å². The van der Waals surface area contributed by atoms with E-state index in [4.69, 9.17) is 42.1 Å². The standard InChI is InChI=1S/C7H17NO3.C4H11NO3/c8-7(1-4-9,2-5-10)3-6-11;5-4(1-6,2-7)3-8/h9-11H,1-6,8H2;6-8H,1-3,5H2. The fourth-order valence-electron chi connectivity index (χ4n) is 1.19. The first kappa shape index (κ1) is 21.0. The van der Waals surface area contributed by atoms with Gasteiger partial charge in [-0.15, -0.1) is 0 Å². The molecule has 10 N–H and O–H groups in total. The van der Waals surface area contributed by atoms with Crippen LogP contribution in [0.25, 0.3) is 0 Å². The van der Waals surface area contributed by atoms with Crippen molar-refractivity contribution in [2.24, 2.45) is 11.5 Å². The van der Waals surface area contributed by atoms with Crippen LogP contribution in [0.5, 0.6) is 0 Å². The van der Waals surface area contributed by atoms with E-state index in [1.54, 1.807) is 0 Å². The van der Waals surface area contributed by atoms with Gasteiger partial charge < -0.3 is 42.1 Å². The average Bonchev–Trinajstić information content (AvgIpc) is 2.39. The largest absolute Gasteiger partial charge is 0.396 e. The van der Waals surface area contributed by atoms with Crippen molar-refractivity contribution in [3.8, 4) is 0 Å². The molecule has 0 spiro atoms. The fourth-order valence-corrected chi connectivity index (χ4v) is 1.19. The molecule has 0 aromatic heterocycles. The summed E-state index contributed by atoms with van der Waals surface area (Å²) in [4.78, 5) is 0. The predicted molar refractivity (Wildman–Crippen MR) is 70.2 cm³/mol. The first-order valence-corrected chi connectivity index (χ1v) is 6.10. The molecular weight excluding hydrogens is 256 g/mol. The lowest BCUT2D eigenvalue weighted by Gasteiger charge is -2.26. The molecule has 0 amide bonds. The van der Waals surface area contributed by atoms with Gasteiger partial charge in [-0.2, -0.15) is 0 Å². The quantitative estimate of drug-likeness (QED) is 0.215. The van der Waals surface area contributed by atoms with Crippen LogP contribution in [0.15, 0.2) is 0 Å². The van der Waals surface area contributed by atoms with E-state index in [0.29, 0.717) is 19.3 Å². The Morgan fingerprint density at radius 2 is 0.789 bits per heavy atom. The van der Waals surface area contributed by atoms with Gasteiger partial charge in [0.05, 0.1) is 25.4 Å². The smallest absolute Gasteiger partial charge is 0.0856 e. The van der Waals surface area contributed by atoms with Crippen molar-refractivity contribution in [2.45, 2.75) is 30.3 Å². The van der Waals surface area contributed by atoms with E-state index in [9.17, 15) is 0 Å². The van der Waals surface area contributed by atoms with Crippen molar-refractivity contribution in [3.63, 3.8) is 0 Å². The highest BCUT2D eigenvalue weighted by atomic mass is 16.3. The average molecular weight is 284 g/mol. The number of hydrogen-bond donors (Lipinski definition) is 8. The van der Waals surface area contributed by atoms with E-state index >= 15 is 0 Å². The summed E-state index contributed by atoms with van der Waals surface area (Å²) in [6, 6.07) is 0. The molecule has 0 saturated carbocycles. The number of aliphatic hydroxyl groups excluding tert-OH is 6. The summed E-state index contributed by atoms with van der Waals surface area (Å²) in [6.45, 7) is -1.22. The Balaban J connectivity index is 0. The van der Waals surface area contributed by atoms with Gasteiger partial charge in [0.15, 0.2) is 0 Å². The Labute approximate surface area is 113 Å². The molecule has 0 bridgehead atoms. The maximum atomic E-state index is 8.61. The highest BCUT2D eigenvalue weighted by Gasteiger charge is 2.22. The van der Waals surface area contributed by atoms with E-state index in [1.807, 2.05) is 0 Å². The van der Waals surface area contributed by atoms with Gasteiger partial charge in [-0.1, -0.05) is 0 Å². The van der Waals surface area contributed by atoms with Crippen molar-refractivity contribution < 1.29 is 30.6 Å². The van der Waals surface area contributed by atoms with Crippen LogP contribution in [0.3, 0.4) is 0 Å². The van der Waals surface area contributed by atoms with E-state index in [0.717, 1.165) is 0 Å². The minimum Gasteiger partial charge on any atom is -0.396 e. The number of nitrogens with two attached hydrogens (primary N) is 2. The predicted octanol–water partition coefficient (Wildman–Crippen LogP) is -3.51. The van der Waals surface area contributed by atoms with Crippen LogP contribution in [0.2, 0.25) is 0 Å². The van der Waals surface area contributed by atoms with Crippen molar-refractivity contribution in [1.82, 2.24) is 0 Å². The van der Waals surface area contributed by atoms with Gasteiger partial charge in [0.25, 0.3) is 0 Å². The Hall–Kier alpha value is -0.320. The normalized spacial score (nSPS) is 12.0. The molecule has 0 atom stereocenters. The molecular formula is C11H28N2O6. The lowest BCUT2D eigenvalue weighted by molar-refractivity contribution is 0.0697. The highest BCUT2D eigenvalue weighted by molar-refractivity contribution is 4.83. The first-order chi connectivity index (χ1) is 8.86. The van der Waals surface area contributed by atoms with E-state index in [2.05, 4.69) is 0 Å². The Morgan fingerprint density at radius 1 is 0.526 bits per heavy atom. The molecule has 0 aliphatic heterocycles. The van der Waals surface area contributed by atoms with Crippen LogP contribution < -0.4 is 11.5 Å². The Morgan fingerprint density at radius 3 is 0.895 bits per heavy atom. The zero-order chi connectivity index (χ0) is 15.4.